The van der Waals surface area contributed by atoms with Gasteiger partial charge in [0, 0.05) is 46.8 Å². The zero-order chi connectivity index (χ0) is 22.3. The number of hydrogen-bond donors (Lipinski definition) is 0. The van der Waals surface area contributed by atoms with E-state index in [1.807, 2.05) is 4.90 Å². The number of aromatic nitrogens is 3. The minimum absolute atomic E-state index is 0.151. The first-order chi connectivity index (χ1) is 14.7. The summed E-state index contributed by atoms with van der Waals surface area (Å²) < 4.78 is 8.18. The molecule has 2 fully saturated rings. The van der Waals surface area contributed by atoms with Crippen molar-refractivity contribution in [1.82, 2.24) is 23.9 Å². The second-order valence-corrected chi connectivity index (χ2v) is 8.98. The molecule has 9 heteroatoms. The van der Waals surface area contributed by atoms with E-state index < -0.39 is 11.2 Å². The lowest BCUT2D eigenvalue weighted by Gasteiger charge is -2.39. The number of ether oxygens (including phenoxy) is 1. The van der Waals surface area contributed by atoms with Gasteiger partial charge in [0.05, 0.1) is 17.6 Å². The molecule has 0 saturated carbocycles. The van der Waals surface area contributed by atoms with E-state index in [1.165, 1.54) is 11.6 Å². The molecule has 2 aliphatic rings. The first kappa shape index (κ1) is 21.7. The summed E-state index contributed by atoms with van der Waals surface area (Å²) in [5.41, 5.74) is -0.353. The lowest BCUT2D eigenvalue weighted by Crippen LogP contribution is -2.48. The number of nitrogens with zero attached hydrogens (tertiary/aromatic N) is 5. The van der Waals surface area contributed by atoms with Gasteiger partial charge < -0.3 is 9.64 Å². The van der Waals surface area contributed by atoms with E-state index in [1.54, 1.807) is 19.2 Å². The van der Waals surface area contributed by atoms with Crippen LogP contribution in [-0.4, -0.2) is 74.8 Å². The number of aryl methyl sites for hydroxylation is 1. The third kappa shape index (κ3) is 4.29. The van der Waals surface area contributed by atoms with Gasteiger partial charge in [0.15, 0.2) is 0 Å². The molecule has 4 heterocycles. The number of morpholine rings is 1. The monoisotopic (exact) mass is 429 g/mol. The average molecular weight is 430 g/mol. The molecule has 31 heavy (non-hydrogen) atoms. The van der Waals surface area contributed by atoms with Gasteiger partial charge in [-0.25, -0.2) is 9.78 Å². The van der Waals surface area contributed by atoms with Gasteiger partial charge in [0.1, 0.15) is 11.3 Å². The van der Waals surface area contributed by atoms with Crippen LogP contribution in [0, 0.1) is 5.92 Å². The largest absolute Gasteiger partial charge is 0.373 e. The molecule has 168 valence electrons. The molecule has 2 aromatic rings. The van der Waals surface area contributed by atoms with Crippen molar-refractivity contribution in [2.24, 2.45) is 20.0 Å². The van der Waals surface area contributed by atoms with Gasteiger partial charge >= 0.3 is 5.69 Å². The van der Waals surface area contributed by atoms with Gasteiger partial charge in [-0.05, 0) is 44.7 Å². The molecule has 0 radical (unpaired) electrons. The molecule has 2 unspecified atom stereocenters. The minimum atomic E-state index is -0.456. The Balaban J connectivity index is 1.43. The van der Waals surface area contributed by atoms with Crippen molar-refractivity contribution in [3.05, 3.63) is 38.7 Å². The summed E-state index contributed by atoms with van der Waals surface area (Å²) in [6, 6.07) is 3.17. The van der Waals surface area contributed by atoms with Crippen LogP contribution >= 0.6 is 0 Å². The number of pyridine rings is 1. The lowest BCUT2D eigenvalue weighted by molar-refractivity contribution is -0.0728. The summed E-state index contributed by atoms with van der Waals surface area (Å²) >= 11 is 0. The zero-order valence-corrected chi connectivity index (χ0v) is 18.7. The Morgan fingerprint density at radius 2 is 1.71 bits per heavy atom. The number of piperidine rings is 1. The molecular weight excluding hydrogens is 398 g/mol. The number of amides is 1. The molecule has 2 aliphatic heterocycles. The Morgan fingerprint density at radius 3 is 2.35 bits per heavy atom. The summed E-state index contributed by atoms with van der Waals surface area (Å²) in [5.74, 6) is 0.414. The van der Waals surface area contributed by atoms with Crippen molar-refractivity contribution in [3.63, 3.8) is 0 Å². The molecule has 0 N–H and O–H groups in total. The maximum Gasteiger partial charge on any atom is 0.332 e. The normalized spacial score (nSPS) is 23.4. The van der Waals surface area contributed by atoms with Crippen molar-refractivity contribution in [3.8, 4) is 0 Å². The third-order valence-corrected chi connectivity index (χ3v) is 6.43. The van der Waals surface area contributed by atoms with E-state index in [9.17, 15) is 14.4 Å². The van der Waals surface area contributed by atoms with E-state index in [0.717, 1.165) is 37.0 Å². The number of fused-ring (bicyclic) bond motifs is 1. The fourth-order valence-electron chi connectivity index (χ4n) is 4.85. The van der Waals surface area contributed by atoms with Gasteiger partial charge in [0.25, 0.3) is 11.5 Å². The molecular formula is C22H31N5O4. The quantitative estimate of drug-likeness (QED) is 0.710. The van der Waals surface area contributed by atoms with E-state index in [-0.39, 0.29) is 29.5 Å². The molecule has 2 atom stereocenters. The number of hydrogen-bond acceptors (Lipinski definition) is 6. The molecule has 0 bridgehead atoms. The van der Waals surface area contributed by atoms with E-state index >= 15 is 0 Å². The maximum atomic E-state index is 13.0. The van der Waals surface area contributed by atoms with Crippen LogP contribution in [0.15, 0.2) is 21.7 Å². The Kier molecular flexibility index (Phi) is 5.98. The predicted octanol–water partition coefficient (Wildman–Crippen LogP) is 0.594. The molecule has 9 nitrogen and oxygen atoms in total. The van der Waals surface area contributed by atoms with Crippen molar-refractivity contribution in [2.75, 3.05) is 32.7 Å². The fraction of sp³-hybridized carbons (Fsp3) is 0.636. The minimum Gasteiger partial charge on any atom is -0.373 e. The first-order valence-corrected chi connectivity index (χ1v) is 11.0. The van der Waals surface area contributed by atoms with Crippen LogP contribution in [0.4, 0.5) is 0 Å². The highest BCUT2D eigenvalue weighted by Crippen LogP contribution is 2.22. The van der Waals surface area contributed by atoms with Gasteiger partial charge in [-0.3, -0.25) is 23.6 Å². The number of carbonyl (C=O) groups is 1. The highest BCUT2D eigenvalue weighted by Gasteiger charge is 2.29. The Bertz CT molecular complexity index is 1090. The molecule has 0 aliphatic carbocycles. The molecule has 0 spiro atoms. The highest BCUT2D eigenvalue weighted by molar-refractivity contribution is 5.94. The molecule has 1 amide bonds. The van der Waals surface area contributed by atoms with Crippen LogP contribution in [0.3, 0.4) is 0 Å². The topological polar surface area (TPSA) is 89.7 Å². The van der Waals surface area contributed by atoms with Crippen molar-refractivity contribution >= 4 is 16.9 Å². The summed E-state index contributed by atoms with van der Waals surface area (Å²) in [6.07, 6.45) is 2.44. The van der Waals surface area contributed by atoms with Crippen LogP contribution in [-0.2, 0) is 18.8 Å². The Labute approximate surface area is 181 Å². The lowest BCUT2D eigenvalue weighted by atomic mass is 9.95. The van der Waals surface area contributed by atoms with Crippen LogP contribution in [0.2, 0.25) is 0 Å². The van der Waals surface area contributed by atoms with Gasteiger partial charge in [0.2, 0.25) is 0 Å². The average Bonchev–Trinajstić information content (AvgIpc) is 2.75. The first-order valence-electron chi connectivity index (χ1n) is 11.0. The maximum absolute atomic E-state index is 13.0. The molecule has 2 saturated heterocycles. The van der Waals surface area contributed by atoms with Crippen LogP contribution < -0.4 is 11.2 Å². The summed E-state index contributed by atoms with van der Waals surface area (Å²) in [4.78, 5) is 46.3. The number of carbonyl (C=O) groups excluding carboxylic acids is 1. The Morgan fingerprint density at radius 1 is 1.06 bits per heavy atom. The van der Waals surface area contributed by atoms with Crippen molar-refractivity contribution < 1.29 is 9.53 Å². The van der Waals surface area contributed by atoms with Gasteiger partial charge in [-0.1, -0.05) is 0 Å². The van der Waals surface area contributed by atoms with E-state index in [2.05, 4.69) is 23.7 Å². The molecule has 2 aromatic heterocycles. The highest BCUT2D eigenvalue weighted by atomic mass is 16.5. The summed E-state index contributed by atoms with van der Waals surface area (Å²) in [7, 11) is 3.00. The fourth-order valence-corrected chi connectivity index (χ4v) is 4.85. The SMILES string of the molecule is CC1CN(CC2CCN(C(=O)c3ccc4c(=O)n(C)c(=O)n(C)c4n3)CC2)CC(C)O1. The summed E-state index contributed by atoms with van der Waals surface area (Å²) in [6.45, 7) is 8.57. The van der Waals surface area contributed by atoms with E-state index in [0.29, 0.717) is 24.4 Å². The number of likely N-dealkylation sites (tertiary alicyclic amines) is 1. The van der Waals surface area contributed by atoms with Crippen molar-refractivity contribution in [1.29, 1.82) is 0 Å². The Hall–Kier alpha value is -2.52. The molecule has 0 aromatic carbocycles. The van der Waals surface area contributed by atoms with Gasteiger partial charge in [-0.2, -0.15) is 0 Å². The second kappa shape index (κ2) is 8.55. The van der Waals surface area contributed by atoms with Crippen LogP contribution in [0.1, 0.15) is 37.2 Å². The summed E-state index contributed by atoms with van der Waals surface area (Å²) in [5, 5.41) is 0.328. The van der Waals surface area contributed by atoms with Crippen molar-refractivity contribution in [2.45, 2.75) is 38.9 Å². The standard InChI is InChI=1S/C22H31N5O4/c1-14-11-26(12-15(2)31-14)13-16-7-9-27(10-8-16)21(29)18-6-5-17-19(23-18)24(3)22(30)25(4)20(17)28/h5-6,14-16H,7-13H2,1-4H3. The van der Waals surface area contributed by atoms with E-state index in [4.69, 9.17) is 4.74 Å². The second-order valence-electron chi connectivity index (χ2n) is 8.98. The van der Waals surface area contributed by atoms with Crippen LogP contribution in [0.25, 0.3) is 11.0 Å². The molecule has 4 rings (SSSR count). The number of rotatable bonds is 3. The zero-order valence-electron chi connectivity index (χ0n) is 18.7. The van der Waals surface area contributed by atoms with Crippen LogP contribution in [0.5, 0.6) is 0 Å². The predicted molar refractivity (Wildman–Crippen MR) is 117 cm³/mol. The van der Waals surface area contributed by atoms with Gasteiger partial charge in [-0.15, -0.1) is 0 Å². The smallest absolute Gasteiger partial charge is 0.332 e. The third-order valence-electron chi connectivity index (χ3n) is 6.43.